The number of likely N-dealkylation sites (tertiary alicyclic amines) is 1. The lowest BCUT2D eigenvalue weighted by molar-refractivity contribution is -0.127. The first-order valence-corrected chi connectivity index (χ1v) is 10.0. The van der Waals surface area contributed by atoms with E-state index in [0.29, 0.717) is 37.4 Å². The van der Waals surface area contributed by atoms with Crippen LogP contribution in [0.15, 0.2) is 18.2 Å². The number of carbonyl (C=O) groups excluding carboxylic acids is 2. The summed E-state index contributed by atoms with van der Waals surface area (Å²) >= 11 is 0. The van der Waals surface area contributed by atoms with Crippen LogP contribution < -0.4 is 15.4 Å². The van der Waals surface area contributed by atoms with E-state index in [0.717, 1.165) is 12.8 Å². The van der Waals surface area contributed by atoms with E-state index in [1.165, 1.54) is 13.2 Å². The topological polar surface area (TPSA) is 79.9 Å². The molecule has 0 spiro atoms. The third-order valence-corrected chi connectivity index (χ3v) is 4.67. The number of piperidine rings is 1. The number of carbonyl (C=O) groups is 2. The van der Waals surface area contributed by atoms with Gasteiger partial charge in [0, 0.05) is 25.2 Å². The second-order valence-electron chi connectivity index (χ2n) is 8.12. The van der Waals surface area contributed by atoms with Gasteiger partial charge < -0.3 is 20.1 Å². The van der Waals surface area contributed by atoms with Crippen LogP contribution in [-0.2, 0) is 16.1 Å². The fourth-order valence-electron chi connectivity index (χ4n) is 3.35. The quantitative estimate of drug-likeness (QED) is 0.677. The average molecular weight is 410 g/mol. The van der Waals surface area contributed by atoms with Crippen molar-refractivity contribution in [2.45, 2.75) is 58.2 Å². The molecule has 2 amide bonds. The molecule has 1 aliphatic heterocycles. The van der Waals surface area contributed by atoms with Gasteiger partial charge in [0.1, 0.15) is 17.2 Å². The number of ether oxygens (including phenoxy) is 2. The largest absolute Gasteiger partial charge is 0.496 e. The van der Waals surface area contributed by atoms with E-state index in [1.807, 2.05) is 4.90 Å². The lowest BCUT2D eigenvalue weighted by Crippen LogP contribution is -2.50. The van der Waals surface area contributed by atoms with Gasteiger partial charge in [-0.15, -0.1) is 0 Å². The van der Waals surface area contributed by atoms with Gasteiger partial charge in [-0.05, 0) is 52.3 Å². The van der Waals surface area contributed by atoms with Crippen molar-refractivity contribution in [1.29, 1.82) is 0 Å². The zero-order valence-electron chi connectivity index (χ0n) is 17.7. The van der Waals surface area contributed by atoms with Crippen molar-refractivity contribution in [2.24, 2.45) is 0 Å². The minimum Gasteiger partial charge on any atom is -0.496 e. The molecule has 0 bridgehead atoms. The Kier molecular flexibility index (Phi) is 8.25. The number of hydrogen-bond acceptors (Lipinski definition) is 5. The highest BCUT2D eigenvalue weighted by Gasteiger charge is 2.29. The molecule has 7 nitrogen and oxygen atoms in total. The molecule has 1 atom stereocenters. The Hall–Kier alpha value is -2.35. The molecule has 8 heteroatoms. The minimum atomic E-state index is -0.566. The number of hydrogen-bond donors (Lipinski definition) is 2. The number of rotatable bonds is 7. The monoisotopic (exact) mass is 409 g/mol. The zero-order valence-corrected chi connectivity index (χ0v) is 17.7. The molecule has 1 saturated heterocycles. The fourth-order valence-corrected chi connectivity index (χ4v) is 3.35. The zero-order chi connectivity index (χ0) is 21.4. The normalized spacial score (nSPS) is 17.5. The van der Waals surface area contributed by atoms with Crippen LogP contribution >= 0.6 is 0 Å². The van der Waals surface area contributed by atoms with Gasteiger partial charge in [-0.2, -0.15) is 0 Å². The summed E-state index contributed by atoms with van der Waals surface area (Å²) in [6.45, 7) is 6.96. The minimum absolute atomic E-state index is 0.119. The number of benzene rings is 1. The standard InChI is InChI=1S/C21H32FN3O4/c1-21(2,3)29-20(27)24-12-11-23-19(26)17-9-5-6-13-25(17)14-15-16(22)8-7-10-18(15)28-4/h7-8,10,17H,5-6,9,11-14H2,1-4H3,(H,23,26)(H,24,27)/t17-/m0/s1. The van der Waals surface area contributed by atoms with E-state index in [-0.39, 0.29) is 24.3 Å². The van der Waals surface area contributed by atoms with E-state index in [2.05, 4.69) is 10.6 Å². The van der Waals surface area contributed by atoms with Crippen molar-refractivity contribution in [3.05, 3.63) is 29.6 Å². The highest BCUT2D eigenvalue weighted by molar-refractivity contribution is 5.81. The van der Waals surface area contributed by atoms with Crippen molar-refractivity contribution >= 4 is 12.0 Å². The van der Waals surface area contributed by atoms with Gasteiger partial charge in [-0.1, -0.05) is 12.5 Å². The highest BCUT2D eigenvalue weighted by atomic mass is 19.1. The van der Waals surface area contributed by atoms with Crippen LogP contribution in [0.25, 0.3) is 0 Å². The summed E-state index contributed by atoms with van der Waals surface area (Å²) in [5.41, 5.74) is -0.106. The summed E-state index contributed by atoms with van der Waals surface area (Å²) in [4.78, 5) is 26.3. The average Bonchev–Trinajstić information content (AvgIpc) is 2.65. The second-order valence-corrected chi connectivity index (χ2v) is 8.12. The Morgan fingerprint density at radius 2 is 1.93 bits per heavy atom. The van der Waals surface area contributed by atoms with Gasteiger partial charge in [0.2, 0.25) is 5.91 Å². The fraction of sp³-hybridized carbons (Fsp3) is 0.619. The third-order valence-electron chi connectivity index (χ3n) is 4.67. The van der Waals surface area contributed by atoms with E-state index >= 15 is 0 Å². The molecule has 0 aromatic heterocycles. The molecule has 1 heterocycles. The lowest BCUT2D eigenvalue weighted by atomic mass is 10.00. The number of methoxy groups -OCH3 is 1. The van der Waals surface area contributed by atoms with E-state index < -0.39 is 11.7 Å². The maximum Gasteiger partial charge on any atom is 0.407 e. The van der Waals surface area contributed by atoms with Crippen LogP contribution in [0, 0.1) is 5.82 Å². The first-order valence-electron chi connectivity index (χ1n) is 10.0. The van der Waals surface area contributed by atoms with Crippen LogP contribution in [0.1, 0.15) is 45.6 Å². The molecular formula is C21H32FN3O4. The molecule has 29 heavy (non-hydrogen) atoms. The van der Waals surface area contributed by atoms with Gasteiger partial charge in [0.05, 0.1) is 13.2 Å². The van der Waals surface area contributed by atoms with Crippen molar-refractivity contribution < 1.29 is 23.5 Å². The van der Waals surface area contributed by atoms with Gasteiger partial charge in [0.25, 0.3) is 0 Å². The van der Waals surface area contributed by atoms with Crippen LogP contribution in [0.5, 0.6) is 5.75 Å². The number of nitrogens with zero attached hydrogens (tertiary/aromatic N) is 1. The summed E-state index contributed by atoms with van der Waals surface area (Å²) in [7, 11) is 1.51. The third kappa shape index (κ3) is 7.20. The first kappa shape index (κ1) is 22.9. The van der Waals surface area contributed by atoms with Crippen LogP contribution in [-0.4, -0.2) is 55.3 Å². The molecular weight excluding hydrogens is 377 g/mol. The van der Waals surface area contributed by atoms with E-state index in [4.69, 9.17) is 9.47 Å². The highest BCUT2D eigenvalue weighted by Crippen LogP contribution is 2.26. The molecule has 162 valence electrons. The number of nitrogens with one attached hydrogen (secondary N) is 2. The van der Waals surface area contributed by atoms with Crippen LogP contribution in [0.4, 0.5) is 9.18 Å². The first-order chi connectivity index (χ1) is 13.7. The summed E-state index contributed by atoms with van der Waals surface area (Å²) in [5.74, 6) is 0.0259. The summed E-state index contributed by atoms with van der Waals surface area (Å²) < 4.78 is 24.7. The van der Waals surface area contributed by atoms with Crippen molar-refractivity contribution in [3.63, 3.8) is 0 Å². The molecule has 1 fully saturated rings. The van der Waals surface area contributed by atoms with Crippen molar-refractivity contribution in [3.8, 4) is 5.75 Å². The second kappa shape index (κ2) is 10.4. The maximum absolute atomic E-state index is 14.3. The maximum atomic E-state index is 14.3. The Morgan fingerprint density at radius 1 is 1.21 bits per heavy atom. The van der Waals surface area contributed by atoms with Crippen LogP contribution in [0.2, 0.25) is 0 Å². The van der Waals surface area contributed by atoms with Crippen LogP contribution in [0.3, 0.4) is 0 Å². The molecule has 0 saturated carbocycles. The van der Waals surface area contributed by atoms with Gasteiger partial charge in [-0.25, -0.2) is 9.18 Å². The predicted octanol–water partition coefficient (Wildman–Crippen LogP) is 2.83. The molecule has 1 aliphatic rings. The Balaban J connectivity index is 1.89. The molecule has 2 N–H and O–H groups in total. The lowest BCUT2D eigenvalue weighted by Gasteiger charge is -2.35. The summed E-state index contributed by atoms with van der Waals surface area (Å²) in [6, 6.07) is 4.39. The van der Waals surface area contributed by atoms with Gasteiger partial charge in [-0.3, -0.25) is 9.69 Å². The summed E-state index contributed by atoms with van der Waals surface area (Å²) in [6.07, 6.45) is 2.10. The Morgan fingerprint density at radius 3 is 2.62 bits per heavy atom. The SMILES string of the molecule is COc1cccc(F)c1CN1CCCC[C@H]1C(=O)NCCNC(=O)OC(C)(C)C. The molecule has 2 rings (SSSR count). The molecule has 0 radical (unpaired) electrons. The number of alkyl carbamates (subject to hydrolysis) is 1. The Labute approximate surface area is 171 Å². The van der Waals surface area contributed by atoms with E-state index in [1.54, 1.807) is 32.9 Å². The van der Waals surface area contributed by atoms with Crippen molar-refractivity contribution in [2.75, 3.05) is 26.7 Å². The molecule has 1 aromatic carbocycles. The van der Waals surface area contributed by atoms with E-state index in [9.17, 15) is 14.0 Å². The smallest absolute Gasteiger partial charge is 0.407 e. The number of halogens is 1. The Bertz CT molecular complexity index is 706. The van der Waals surface area contributed by atoms with Crippen molar-refractivity contribution in [1.82, 2.24) is 15.5 Å². The van der Waals surface area contributed by atoms with Gasteiger partial charge in [0.15, 0.2) is 0 Å². The molecule has 0 unspecified atom stereocenters. The molecule has 1 aromatic rings. The predicted molar refractivity (Wildman–Crippen MR) is 108 cm³/mol. The number of amides is 2. The van der Waals surface area contributed by atoms with Gasteiger partial charge >= 0.3 is 6.09 Å². The molecule has 0 aliphatic carbocycles. The summed E-state index contributed by atoms with van der Waals surface area (Å²) in [5, 5.41) is 5.47.